The number of hydrazone groups is 1. The number of carbonyl (C=O) groups is 1. The van der Waals surface area contributed by atoms with Gasteiger partial charge in [0.1, 0.15) is 5.75 Å². The minimum atomic E-state index is -0.283. The highest BCUT2D eigenvalue weighted by Gasteiger charge is 2.08. The van der Waals surface area contributed by atoms with Crippen molar-refractivity contribution in [3.8, 4) is 5.75 Å². The number of ether oxygens (including phenoxy) is 2. The quantitative estimate of drug-likeness (QED) is 0.353. The van der Waals surface area contributed by atoms with Crippen LogP contribution in [-0.2, 0) is 16.0 Å². The van der Waals surface area contributed by atoms with Crippen molar-refractivity contribution < 1.29 is 14.3 Å². The van der Waals surface area contributed by atoms with Crippen molar-refractivity contribution in [2.75, 3.05) is 18.6 Å². The highest BCUT2D eigenvalue weighted by atomic mass is 79.9. The van der Waals surface area contributed by atoms with Gasteiger partial charge in [-0.05, 0) is 31.0 Å². The first kappa shape index (κ1) is 20.4. The number of benzene rings is 1. The van der Waals surface area contributed by atoms with E-state index in [1.807, 2.05) is 23.6 Å². The van der Waals surface area contributed by atoms with Crippen molar-refractivity contribution >= 4 is 44.6 Å². The first-order chi connectivity index (χ1) is 12.5. The molecule has 0 spiro atoms. The molecule has 0 aliphatic heterocycles. The van der Waals surface area contributed by atoms with Gasteiger partial charge in [-0.1, -0.05) is 29.8 Å². The second kappa shape index (κ2) is 10.3. The fourth-order valence-corrected chi connectivity index (χ4v) is 3.00. The smallest absolute Gasteiger partial charge is 0.311 e. The SMILES string of the molecule is CCOC(=O)Cc1csc(NN=Cc2cc(Br)ccc2OCC(C)C)n1. The molecule has 140 valence electrons. The van der Waals surface area contributed by atoms with Crippen LogP contribution in [0.15, 0.2) is 33.2 Å². The zero-order chi connectivity index (χ0) is 18.9. The molecule has 0 fully saturated rings. The number of thiazole rings is 1. The first-order valence-corrected chi connectivity index (χ1v) is 9.96. The lowest BCUT2D eigenvalue weighted by atomic mass is 10.2. The molecule has 0 atom stereocenters. The molecule has 8 heteroatoms. The van der Waals surface area contributed by atoms with Gasteiger partial charge in [0.05, 0.1) is 31.5 Å². The van der Waals surface area contributed by atoms with Gasteiger partial charge in [-0.2, -0.15) is 5.10 Å². The number of hydrogen-bond acceptors (Lipinski definition) is 7. The summed E-state index contributed by atoms with van der Waals surface area (Å²) in [5, 5.41) is 6.65. The normalized spacial score (nSPS) is 11.1. The van der Waals surface area contributed by atoms with Gasteiger partial charge in [0.15, 0.2) is 0 Å². The highest BCUT2D eigenvalue weighted by Crippen LogP contribution is 2.23. The van der Waals surface area contributed by atoms with Gasteiger partial charge in [-0.3, -0.25) is 10.2 Å². The van der Waals surface area contributed by atoms with E-state index in [-0.39, 0.29) is 12.4 Å². The average molecular weight is 440 g/mol. The molecule has 1 aromatic carbocycles. The molecule has 0 amide bonds. The maximum atomic E-state index is 11.5. The average Bonchev–Trinajstić information content (AvgIpc) is 3.01. The molecule has 1 N–H and O–H groups in total. The Hall–Kier alpha value is -1.93. The van der Waals surface area contributed by atoms with E-state index in [2.05, 4.69) is 45.3 Å². The lowest BCUT2D eigenvalue weighted by Crippen LogP contribution is -2.07. The monoisotopic (exact) mass is 439 g/mol. The summed E-state index contributed by atoms with van der Waals surface area (Å²) in [7, 11) is 0. The Bertz CT molecular complexity index is 762. The lowest BCUT2D eigenvalue weighted by molar-refractivity contribution is -0.142. The molecule has 0 radical (unpaired) electrons. The Morgan fingerprint density at radius 3 is 3.00 bits per heavy atom. The van der Waals surface area contributed by atoms with E-state index in [1.54, 1.807) is 13.1 Å². The molecule has 0 unspecified atom stereocenters. The van der Waals surface area contributed by atoms with Gasteiger partial charge < -0.3 is 9.47 Å². The van der Waals surface area contributed by atoms with Crippen LogP contribution < -0.4 is 10.2 Å². The predicted molar refractivity (Wildman–Crippen MR) is 108 cm³/mol. The van der Waals surface area contributed by atoms with E-state index in [9.17, 15) is 4.79 Å². The number of anilines is 1. The number of hydrogen-bond donors (Lipinski definition) is 1. The maximum Gasteiger partial charge on any atom is 0.311 e. The largest absolute Gasteiger partial charge is 0.493 e. The van der Waals surface area contributed by atoms with Crippen LogP contribution in [0, 0.1) is 5.92 Å². The van der Waals surface area contributed by atoms with Crippen molar-refractivity contribution in [2.24, 2.45) is 11.0 Å². The topological polar surface area (TPSA) is 72.8 Å². The lowest BCUT2D eigenvalue weighted by Gasteiger charge is -2.11. The summed E-state index contributed by atoms with van der Waals surface area (Å²) in [6.45, 7) is 6.99. The molecular formula is C18H22BrN3O3S. The standard InChI is InChI=1S/C18H22BrN3O3S/c1-4-24-17(23)8-15-11-26-18(21-15)22-20-9-13-7-14(19)5-6-16(13)25-10-12(2)3/h5-7,9,11-12H,4,8,10H2,1-3H3,(H,21,22). The molecule has 2 aromatic rings. The summed E-state index contributed by atoms with van der Waals surface area (Å²) in [5.74, 6) is 0.929. The van der Waals surface area contributed by atoms with Gasteiger partial charge in [-0.15, -0.1) is 11.3 Å². The number of nitrogens with one attached hydrogen (secondary N) is 1. The van der Waals surface area contributed by atoms with Crippen LogP contribution in [0.3, 0.4) is 0 Å². The van der Waals surface area contributed by atoms with Crippen LogP contribution >= 0.6 is 27.3 Å². The number of nitrogens with zero attached hydrogens (tertiary/aromatic N) is 2. The fraction of sp³-hybridized carbons (Fsp3) is 0.389. The van der Waals surface area contributed by atoms with Crippen LogP contribution in [0.4, 0.5) is 5.13 Å². The van der Waals surface area contributed by atoms with E-state index in [0.29, 0.717) is 30.0 Å². The summed E-state index contributed by atoms with van der Waals surface area (Å²) < 4.78 is 11.7. The molecule has 0 aliphatic carbocycles. The van der Waals surface area contributed by atoms with Crippen LogP contribution in [0.1, 0.15) is 32.0 Å². The Kier molecular flexibility index (Phi) is 8.06. The van der Waals surface area contributed by atoms with Gasteiger partial charge in [0, 0.05) is 15.4 Å². The number of rotatable bonds is 9. The molecule has 6 nitrogen and oxygen atoms in total. The van der Waals surface area contributed by atoms with Gasteiger partial charge in [0.2, 0.25) is 5.13 Å². The Morgan fingerprint density at radius 2 is 2.27 bits per heavy atom. The third kappa shape index (κ3) is 6.76. The van der Waals surface area contributed by atoms with Crippen molar-refractivity contribution in [2.45, 2.75) is 27.2 Å². The second-order valence-corrected chi connectivity index (χ2v) is 7.66. The Balaban J connectivity index is 1.98. The summed E-state index contributed by atoms with van der Waals surface area (Å²) in [6, 6.07) is 5.78. The number of esters is 1. The third-order valence-electron chi connectivity index (χ3n) is 3.09. The van der Waals surface area contributed by atoms with Crippen molar-refractivity contribution in [1.29, 1.82) is 0 Å². The van der Waals surface area contributed by atoms with Gasteiger partial charge >= 0.3 is 5.97 Å². The Labute approximate surface area is 165 Å². The Morgan fingerprint density at radius 1 is 1.46 bits per heavy atom. The van der Waals surface area contributed by atoms with Gasteiger partial charge in [-0.25, -0.2) is 4.98 Å². The molecule has 26 heavy (non-hydrogen) atoms. The highest BCUT2D eigenvalue weighted by molar-refractivity contribution is 9.10. The van der Waals surface area contributed by atoms with Crippen molar-refractivity contribution in [3.05, 3.63) is 39.3 Å². The molecule has 0 bridgehead atoms. The summed E-state index contributed by atoms with van der Waals surface area (Å²) in [5.41, 5.74) is 4.40. The van der Waals surface area contributed by atoms with E-state index < -0.39 is 0 Å². The first-order valence-electron chi connectivity index (χ1n) is 8.29. The maximum absolute atomic E-state index is 11.5. The fourth-order valence-electron chi connectivity index (χ4n) is 1.96. The van der Waals surface area contributed by atoms with E-state index >= 15 is 0 Å². The summed E-state index contributed by atoms with van der Waals surface area (Å²) in [6.07, 6.45) is 1.85. The van der Waals surface area contributed by atoms with Crippen LogP contribution in [0.5, 0.6) is 5.75 Å². The van der Waals surface area contributed by atoms with Crippen LogP contribution in [0.25, 0.3) is 0 Å². The summed E-state index contributed by atoms with van der Waals surface area (Å²) in [4.78, 5) is 15.8. The molecule has 0 saturated carbocycles. The molecule has 0 aliphatic rings. The molecule has 0 saturated heterocycles. The predicted octanol–water partition coefficient (Wildman–Crippen LogP) is 4.49. The van der Waals surface area contributed by atoms with E-state index in [1.165, 1.54) is 11.3 Å². The van der Waals surface area contributed by atoms with Crippen LogP contribution in [0.2, 0.25) is 0 Å². The number of halogens is 1. The zero-order valence-corrected chi connectivity index (χ0v) is 17.4. The van der Waals surface area contributed by atoms with Crippen molar-refractivity contribution in [1.82, 2.24) is 4.98 Å². The summed E-state index contributed by atoms with van der Waals surface area (Å²) >= 11 is 4.84. The minimum Gasteiger partial charge on any atom is -0.493 e. The van der Waals surface area contributed by atoms with Gasteiger partial charge in [0.25, 0.3) is 0 Å². The molecule has 2 rings (SSSR count). The van der Waals surface area contributed by atoms with E-state index in [4.69, 9.17) is 9.47 Å². The van der Waals surface area contributed by atoms with Crippen LogP contribution in [-0.4, -0.2) is 30.4 Å². The minimum absolute atomic E-state index is 0.161. The van der Waals surface area contributed by atoms with E-state index in [0.717, 1.165) is 15.8 Å². The molecule has 1 aromatic heterocycles. The number of aromatic nitrogens is 1. The zero-order valence-electron chi connectivity index (χ0n) is 15.0. The number of carbonyl (C=O) groups excluding carboxylic acids is 1. The second-order valence-electron chi connectivity index (χ2n) is 5.88. The van der Waals surface area contributed by atoms with Crippen molar-refractivity contribution in [3.63, 3.8) is 0 Å². The molecular weight excluding hydrogens is 418 g/mol. The third-order valence-corrected chi connectivity index (χ3v) is 4.38. The molecule has 1 heterocycles.